The number of methoxy groups -OCH3 is 1. The summed E-state index contributed by atoms with van der Waals surface area (Å²) in [6.45, 7) is 1.94. The summed E-state index contributed by atoms with van der Waals surface area (Å²) in [4.78, 5) is 36.2. The number of hydrogen-bond acceptors (Lipinski definition) is 8. The van der Waals surface area contributed by atoms with Crippen molar-refractivity contribution in [3.05, 3.63) is 47.0 Å². The topological polar surface area (TPSA) is 110 Å². The molecule has 9 nitrogen and oxygen atoms in total. The van der Waals surface area contributed by atoms with Gasteiger partial charge in [0.1, 0.15) is 0 Å². The number of nitrogens with zero attached hydrogens (tertiary/aromatic N) is 4. The third kappa shape index (κ3) is 5.22. The highest BCUT2D eigenvalue weighted by Crippen LogP contribution is 2.31. The van der Waals surface area contributed by atoms with E-state index in [0.717, 1.165) is 15.7 Å². The predicted molar refractivity (Wildman–Crippen MR) is 140 cm³/mol. The Labute approximate surface area is 216 Å². The van der Waals surface area contributed by atoms with Gasteiger partial charge in [0.05, 0.1) is 34.0 Å². The number of anilines is 2. The Hall–Kier alpha value is -3.05. The van der Waals surface area contributed by atoms with Crippen molar-refractivity contribution in [3.63, 3.8) is 0 Å². The molecule has 188 valence electrons. The number of hydrogen-bond donors (Lipinski definition) is 2. The van der Waals surface area contributed by atoms with Gasteiger partial charge in [-0.3, -0.25) is 9.59 Å². The molecular weight excluding hydrogens is 502 g/mol. The third-order valence-electron chi connectivity index (χ3n) is 6.24. The summed E-state index contributed by atoms with van der Waals surface area (Å²) in [5.74, 6) is 0.377. The van der Waals surface area contributed by atoms with Crippen LogP contribution in [0.3, 0.4) is 0 Å². The minimum absolute atomic E-state index is 0.103. The zero-order valence-corrected chi connectivity index (χ0v) is 21.3. The first-order chi connectivity index (χ1) is 17.4. The molecule has 0 radical (unpaired) electrons. The molecule has 1 aliphatic heterocycles. The van der Waals surface area contributed by atoms with Crippen molar-refractivity contribution in [2.45, 2.75) is 31.9 Å². The van der Waals surface area contributed by atoms with E-state index in [0.29, 0.717) is 59.8 Å². The number of ether oxygens (including phenoxy) is 1. The quantitative estimate of drug-likeness (QED) is 0.313. The predicted octanol–water partition coefficient (Wildman–Crippen LogP) is 4.25. The number of likely N-dealkylation sites (tertiary alicyclic amines) is 1. The summed E-state index contributed by atoms with van der Waals surface area (Å²) < 4.78 is 8.25. The molecule has 2 aromatic carbocycles. The van der Waals surface area contributed by atoms with Crippen LogP contribution in [0.4, 0.5) is 11.1 Å². The number of Topliss-reactive ketones (excluding diaryl/α,β-unsaturated/α-hetero) is 1. The second-order valence-electron chi connectivity index (χ2n) is 8.74. The van der Waals surface area contributed by atoms with Gasteiger partial charge in [-0.1, -0.05) is 22.9 Å². The molecule has 0 saturated carbocycles. The summed E-state index contributed by atoms with van der Waals surface area (Å²) >= 11 is 7.59. The van der Waals surface area contributed by atoms with E-state index in [9.17, 15) is 14.7 Å². The van der Waals surface area contributed by atoms with Gasteiger partial charge in [-0.2, -0.15) is 0 Å². The number of thiazole rings is 1. The number of ketones is 1. The van der Waals surface area contributed by atoms with Crippen LogP contribution in [-0.4, -0.2) is 69.1 Å². The fourth-order valence-electron chi connectivity index (χ4n) is 4.35. The molecule has 5 rings (SSSR count). The van der Waals surface area contributed by atoms with Crippen molar-refractivity contribution >= 4 is 67.0 Å². The molecule has 1 atom stereocenters. The first kappa shape index (κ1) is 24.6. The average molecular weight is 528 g/mol. The Balaban J connectivity index is 1.36. The number of halogens is 1. The van der Waals surface area contributed by atoms with Crippen LogP contribution >= 0.6 is 22.9 Å². The standard InChI is InChI=1S/C25H26ClN5O4S/c1-35-11-10-31-20-5-2-15(21(33)6-7-23(34)30-9-8-17(32)14-30)12-19(20)27-24(31)29-25-28-18-4-3-16(26)13-22(18)36-25/h2-5,12-13,17,32H,6-11,14H2,1H3,(H,27,28,29)/t17-/m0/s1. The Morgan fingerprint density at radius 3 is 2.83 bits per heavy atom. The third-order valence-corrected chi connectivity index (χ3v) is 7.41. The van der Waals surface area contributed by atoms with Crippen LogP contribution in [0.2, 0.25) is 5.02 Å². The van der Waals surface area contributed by atoms with Crippen molar-refractivity contribution in [2.24, 2.45) is 0 Å². The normalized spacial score (nSPS) is 15.8. The van der Waals surface area contributed by atoms with Gasteiger partial charge in [-0.25, -0.2) is 9.97 Å². The monoisotopic (exact) mass is 527 g/mol. The zero-order valence-electron chi connectivity index (χ0n) is 19.7. The number of aromatic nitrogens is 3. The maximum absolute atomic E-state index is 12.8. The molecule has 4 aromatic rings. The van der Waals surface area contributed by atoms with Gasteiger partial charge in [-0.05, 0) is 42.8 Å². The number of nitrogens with one attached hydrogen (secondary N) is 1. The Kier molecular flexibility index (Phi) is 7.20. The molecule has 36 heavy (non-hydrogen) atoms. The van der Waals surface area contributed by atoms with Gasteiger partial charge in [0.25, 0.3) is 0 Å². The lowest BCUT2D eigenvalue weighted by Crippen LogP contribution is -2.29. The molecule has 11 heteroatoms. The number of benzene rings is 2. The number of imidazole rings is 1. The van der Waals surface area contributed by atoms with E-state index in [1.165, 1.54) is 11.3 Å². The van der Waals surface area contributed by atoms with Gasteiger partial charge in [0, 0.05) is 50.2 Å². The lowest BCUT2D eigenvalue weighted by atomic mass is 10.1. The first-order valence-electron chi connectivity index (χ1n) is 11.7. The fourth-order valence-corrected chi connectivity index (χ4v) is 5.48. The lowest BCUT2D eigenvalue weighted by molar-refractivity contribution is -0.130. The Bertz CT molecular complexity index is 1430. The van der Waals surface area contributed by atoms with Gasteiger partial charge < -0.3 is 24.6 Å². The van der Waals surface area contributed by atoms with Crippen LogP contribution in [-0.2, 0) is 16.1 Å². The maximum Gasteiger partial charge on any atom is 0.223 e. The second-order valence-corrected chi connectivity index (χ2v) is 10.2. The molecule has 0 bridgehead atoms. The van der Waals surface area contributed by atoms with Crippen molar-refractivity contribution in [2.75, 3.05) is 32.1 Å². The largest absolute Gasteiger partial charge is 0.391 e. The van der Waals surface area contributed by atoms with Gasteiger partial charge in [-0.15, -0.1) is 0 Å². The molecule has 1 amide bonds. The number of amides is 1. The molecule has 1 aliphatic rings. The highest BCUT2D eigenvalue weighted by atomic mass is 35.5. The summed E-state index contributed by atoms with van der Waals surface area (Å²) in [7, 11) is 1.64. The number of aliphatic hydroxyl groups is 1. The smallest absolute Gasteiger partial charge is 0.223 e. The highest BCUT2D eigenvalue weighted by Gasteiger charge is 2.25. The minimum atomic E-state index is -0.469. The number of carbonyl (C=O) groups is 2. The molecule has 0 aliphatic carbocycles. The van der Waals surface area contributed by atoms with Crippen LogP contribution in [0.1, 0.15) is 29.6 Å². The van der Waals surface area contributed by atoms with Crippen LogP contribution in [0.15, 0.2) is 36.4 Å². The SMILES string of the molecule is COCCn1c(Nc2nc3ccc(Cl)cc3s2)nc2cc(C(=O)CCC(=O)N3CC[C@H](O)C3)ccc21. The van der Waals surface area contributed by atoms with Crippen molar-refractivity contribution in [3.8, 4) is 0 Å². The van der Waals surface area contributed by atoms with E-state index in [-0.39, 0.29) is 24.5 Å². The van der Waals surface area contributed by atoms with Crippen LogP contribution in [0.25, 0.3) is 21.3 Å². The highest BCUT2D eigenvalue weighted by molar-refractivity contribution is 7.22. The molecule has 1 fully saturated rings. The second kappa shape index (κ2) is 10.5. The molecule has 2 aromatic heterocycles. The maximum atomic E-state index is 12.8. The molecule has 1 saturated heterocycles. The Morgan fingerprint density at radius 2 is 2.06 bits per heavy atom. The van der Waals surface area contributed by atoms with Crippen LogP contribution < -0.4 is 5.32 Å². The van der Waals surface area contributed by atoms with Crippen molar-refractivity contribution in [1.29, 1.82) is 0 Å². The molecule has 3 heterocycles. The molecule has 2 N–H and O–H groups in total. The number of β-amino-alcohol motifs (C(OH)–C–C–N with tert-alkyl or cyclic N) is 1. The number of fused-ring (bicyclic) bond motifs is 2. The number of rotatable bonds is 9. The Morgan fingerprint density at radius 1 is 1.19 bits per heavy atom. The van der Waals surface area contributed by atoms with E-state index in [2.05, 4.69) is 10.3 Å². The summed E-state index contributed by atoms with van der Waals surface area (Å²) in [5.41, 5.74) is 2.88. The van der Waals surface area contributed by atoms with Gasteiger partial charge in [0.2, 0.25) is 11.9 Å². The number of carbonyl (C=O) groups excluding carboxylic acids is 2. The van der Waals surface area contributed by atoms with E-state index in [1.807, 2.05) is 28.8 Å². The first-order valence-corrected chi connectivity index (χ1v) is 12.9. The van der Waals surface area contributed by atoms with E-state index < -0.39 is 6.10 Å². The minimum Gasteiger partial charge on any atom is -0.391 e. The average Bonchev–Trinajstić information content (AvgIpc) is 3.56. The van der Waals surface area contributed by atoms with Crippen molar-refractivity contribution < 1.29 is 19.4 Å². The van der Waals surface area contributed by atoms with Gasteiger partial charge in [0.15, 0.2) is 10.9 Å². The van der Waals surface area contributed by atoms with E-state index in [4.69, 9.17) is 21.3 Å². The summed E-state index contributed by atoms with van der Waals surface area (Å²) in [6.07, 6.45) is 0.355. The summed E-state index contributed by atoms with van der Waals surface area (Å²) in [5, 5.41) is 14.3. The molecule has 0 unspecified atom stereocenters. The molecular formula is C25H26ClN5O4S. The fraction of sp³-hybridized carbons (Fsp3) is 0.360. The van der Waals surface area contributed by atoms with E-state index in [1.54, 1.807) is 24.1 Å². The number of aliphatic hydroxyl groups excluding tert-OH is 1. The molecule has 0 spiro atoms. The lowest BCUT2D eigenvalue weighted by Gasteiger charge is -2.15. The van der Waals surface area contributed by atoms with Crippen LogP contribution in [0, 0.1) is 0 Å². The van der Waals surface area contributed by atoms with E-state index >= 15 is 0 Å². The van der Waals surface area contributed by atoms with Crippen molar-refractivity contribution in [1.82, 2.24) is 19.4 Å². The summed E-state index contributed by atoms with van der Waals surface area (Å²) in [6, 6.07) is 11.0. The van der Waals surface area contributed by atoms with Crippen LogP contribution in [0.5, 0.6) is 0 Å². The van der Waals surface area contributed by atoms with Gasteiger partial charge >= 0.3 is 0 Å². The zero-order chi connectivity index (χ0) is 25.2.